The van der Waals surface area contributed by atoms with Crippen molar-refractivity contribution in [1.82, 2.24) is 5.32 Å². The quantitative estimate of drug-likeness (QED) is 0.829. The fourth-order valence-electron chi connectivity index (χ4n) is 3.60. The van der Waals surface area contributed by atoms with Crippen molar-refractivity contribution in [2.75, 3.05) is 16.6 Å². The minimum absolute atomic E-state index is 0.158. The van der Waals surface area contributed by atoms with Crippen LogP contribution in [-0.4, -0.2) is 38.6 Å². The smallest absolute Gasteiger partial charge is 0.251 e. The number of rotatable bonds is 4. The summed E-state index contributed by atoms with van der Waals surface area (Å²) in [5.41, 5.74) is 6.44. The molecule has 1 heterocycles. The summed E-state index contributed by atoms with van der Waals surface area (Å²) in [6.07, 6.45) is 3.95. The lowest BCUT2D eigenvalue weighted by atomic mass is 9.84. The van der Waals surface area contributed by atoms with Gasteiger partial charge in [-0.25, -0.2) is 8.42 Å². The molecule has 25 heavy (non-hydrogen) atoms. The SMILES string of the molecule is NC(=O)C1CCCCC1NC(=O)c1ccc(N2CCCS2(=O)=O)cc1. The number of carbonyl (C=O) groups is 2. The number of hydrogen-bond acceptors (Lipinski definition) is 4. The van der Waals surface area contributed by atoms with Gasteiger partial charge in [-0.05, 0) is 43.5 Å². The first-order valence-corrected chi connectivity index (χ1v) is 10.2. The van der Waals surface area contributed by atoms with E-state index in [2.05, 4.69) is 5.32 Å². The van der Waals surface area contributed by atoms with Gasteiger partial charge in [0.05, 0.1) is 17.4 Å². The van der Waals surface area contributed by atoms with E-state index in [1.165, 1.54) is 4.31 Å². The number of amides is 2. The summed E-state index contributed by atoms with van der Waals surface area (Å²) in [6, 6.07) is 6.27. The van der Waals surface area contributed by atoms with Gasteiger partial charge in [-0.15, -0.1) is 0 Å². The van der Waals surface area contributed by atoms with Crippen LogP contribution in [-0.2, 0) is 14.8 Å². The van der Waals surface area contributed by atoms with Gasteiger partial charge in [0.25, 0.3) is 5.91 Å². The van der Waals surface area contributed by atoms with E-state index in [9.17, 15) is 18.0 Å². The molecule has 7 nitrogen and oxygen atoms in total. The van der Waals surface area contributed by atoms with E-state index in [1.54, 1.807) is 24.3 Å². The van der Waals surface area contributed by atoms with Gasteiger partial charge >= 0.3 is 0 Å². The van der Waals surface area contributed by atoms with Crippen molar-refractivity contribution in [3.05, 3.63) is 29.8 Å². The van der Waals surface area contributed by atoms with Gasteiger partial charge in [0.15, 0.2) is 0 Å². The largest absolute Gasteiger partial charge is 0.369 e. The Labute approximate surface area is 147 Å². The van der Waals surface area contributed by atoms with Crippen LogP contribution >= 0.6 is 0 Å². The van der Waals surface area contributed by atoms with Crippen LogP contribution in [0.5, 0.6) is 0 Å². The maximum atomic E-state index is 12.4. The first-order chi connectivity index (χ1) is 11.9. The Kier molecular flexibility index (Phi) is 4.99. The molecule has 1 aromatic rings. The van der Waals surface area contributed by atoms with Crippen LogP contribution in [0.2, 0.25) is 0 Å². The monoisotopic (exact) mass is 365 g/mol. The van der Waals surface area contributed by atoms with E-state index in [1.807, 2.05) is 0 Å². The summed E-state index contributed by atoms with van der Waals surface area (Å²) in [5.74, 6) is -0.814. The molecule has 1 saturated carbocycles. The van der Waals surface area contributed by atoms with Crippen LogP contribution in [0.25, 0.3) is 0 Å². The Bertz CT molecular complexity index is 761. The highest BCUT2D eigenvalue weighted by atomic mass is 32.2. The van der Waals surface area contributed by atoms with Gasteiger partial charge in [-0.3, -0.25) is 13.9 Å². The fraction of sp³-hybridized carbons (Fsp3) is 0.529. The van der Waals surface area contributed by atoms with Crippen molar-refractivity contribution in [2.24, 2.45) is 11.7 Å². The highest BCUT2D eigenvalue weighted by molar-refractivity contribution is 7.93. The van der Waals surface area contributed by atoms with E-state index in [0.29, 0.717) is 30.6 Å². The minimum Gasteiger partial charge on any atom is -0.369 e. The molecular formula is C17H23N3O4S. The summed E-state index contributed by atoms with van der Waals surface area (Å²) in [4.78, 5) is 24.0. The summed E-state index contributed by atoms with van der Waals surface area (Å²) in [5, 5.41) is 2.90. The standard InChI is InChI=1S/C17H23N3O4S/c18-16(21)14-4-1-2-5-15(14)19-17(22)12-6-8-13(9-7-12)20-10-3-11-25(20,23)24/h6-9,14-15H,1-5,10-11H2,(H2,18,21)(H,19,22). The summed E-state index contributed by atoms with van der Waals surface area (Å²) < 4.78 is 25.3. The Balaban J connectivity index is 1.69. The second kappa shape index (κ2) is 7.03. The van der Waals surface area contributed by atoms with E-state index in [-0.39, 0.29) is 29.5 Å². The second-order valence-corrected chi connectivity index (χ2v) is 8.67. The van der Waals surface area contributed by atoms with E-state index < -0.39 is 10.0 Å². The molecule has 1 aliphatic heterocycles. The zero-order chi connectivity index (χ0) is 18.0. The third-order valence-corrected chi connectivity index (χ3v) is 6.83. The van der Waals surface area contributed by atoms with Gasteiger partial charge in [0, 0.05) is 18.2 Å². The molecule has 3 rings (SSSR count). The number of anilines is 1. The summed E-state index contributed by atoms with van der Waals surface area (Å²) in [6.45, 7) is 0.468. The van der Waals surface area contributed by atoms with Crippen LogP contribution in [0.15, 0.2) is 24.3 Å². The van der Waals surface area contributed by atoms with Gasteiger partial charge in [-0.1, -0.05) is 12.8 Å². The van der Waals surface area contributed by atoms with Crippen molar-refractivity contribution < 1.29 is 18.0 Å². The molecule has 3 N–H and O–H groups in total. The molecule has 0 spiro atoms. The molecule has 2 unspecified atom stereocenters. The molecule has 2 atom stereocenters. The van der Waals surface area contributed by atoms with Gasteiger partial charge < -0.3 is 11.1 Å². The number of primary amides is 1. The lowest BCUT2D eigenvalue weighted by molar-refractivity contribution is -0.123. The predicted octanol–water partition coefficient (Wildman–Crippen LogP) is 1.00. The predicted molar refractivity (Wildman–Crippen MR) is 94.6 cm³/mol. The van der Waals surface area contributed by atoms with Gasteiger partial charge in [0.1, 0.15) is 0 Å². The Morgan fingerprint density at radius 3 is 2.36 bits per heavy atom. The van der Waals surface area contributed by atoms with Crippen molar-refractivity contribution >= 4 is 27.5 Å². The molecule has 2 fully saturated rings. The Morgan fingerprint density at radius 2 is 1.76 bits per heavy atom. The van der Waals surface area contributed by atoms with Gasteiger partial charge in [-0.2, -0.15) is 0 Å². The number of nitrogens with one attached hydrogen (secondary N) is 1. The first-order valence-electron chi connectivity index (χ1n) is 8.59. The Hall–Kier alpha value is -2.09. The molecule has 8 heteroatoms. The van der Waals surface area contributed by atoms with Crippen LogP contribution in [0, 0.1) is 5.92 Å². The van der Waals surface area contributed by atoms with Crippen molar-refractivity contribution in [3.63, 3.8) is 0 Å². The molecule has 0 radical (unpaired) electrons. The maximum absolute atomic E-state index is 12.4. The van der Waals surface area contributed by atoms with Crippen molar-refractivity contribution in [1.29, 1.82) is 0 Å². The fourth-order valence-corrected chi connectivity index (χ4v) is 5.17. The second-order valence-electron chi connectivity index (χ2n) is 6.66. The van der Waals surface area contributed by atoms with Crippen LogP contribution < -0.4 is 15.4 Å². The minimum atomic E-state index is -3.23. The van der Waals surface area contributed by atoms with E-state index in [4.69, 9.17) is 5.73 Å². The lowest BCUT2D eigenvalue weighted by Crippen LogP contribution is -2.47. The third-order valence-electron chi connectivity index (χ3n) is 4.96. The zero-order valence-corrected chi connectivity index (χ0v) is 14.8. The number of hydrogen-bond donors (Lipinski definition) is 2. The zero-order valence-electron chi connectivity index (χ0n) is 14.0. The normalized spacial score (nSPS) is 25.5. The average Bonchev–Trinajstić information content (AvgIpc) is 2.94. The average molecular weight is 365 g/mol. The topological polar surface area (TPSA) is 110 Å². The van der Waals surface area contributed by atoms with E-state index >= 15 is 0 Å². The summed E-state index contributed by atoms with van der Waals surface area (Å²) >= 11 is 0. The summed E-state index contributed by atoms with van der Waals surface area (Å²) in [7, 11) is -3.23. The maximum Gasteiger partial charge on any atom is 0.251 e. The van der Waals surface area contributed by atoms with Crippen LogP contribution in [0.3, 0.4) is 0 Å². The molecule has 1 saturated heterocycles. The number of nitrogens with two attached hydrogens (primary N) is 1. The number of benzene rings is 1. The molecule has 0 aromatic heterocycles. The lowest BCUT2D eigenvalue weighted by Gasteiger charge is -2.30. The Morgan fingerprint density at radius 1 is 1.08 bits per heavy atom. The van der Waals surface area contributed by atoms with Crippen LogP contribution in [0.4, 0.5) is 5.69 Å². The van der Waals surface area contributed by atoms with E-state index in [0.717, 1.165) is 19.3 Å². The third kappa shape index (κ3) is 3.78. The molecule has 1 aromatic carbocycles. The first kappa shape index (κ1) is 17.7. The molecule has 0 bridgehead atoms. The van der Waals surface area contributed by atoms with Crippen molar-refractivity contribution in [3.8, 4) is 0 Å². The van der Waals surface area contributed by atoms with Crippen molar-refractivity contribution in [2.45, 2.75) is 38.1 Å². The number of nitrogens with zero attached hydrogens (tertiary/aromatic N) is 1. The number of carbonyl (C=O) groups excluding carboxylic acids is 2. The molecular weight excluding hydrogens is 342 g/mol. The molecule has 2 aliphatic rings. The molecule has 2 amide bonds. The highest BCUT2D eigenvalue weighted by Gasteiger charge is 2.31. The van der Waals surface area contributed by atoms with Crippen LogP contribution in [0.1, 0.15) is 42.5 Å². The number of sulfonamides is 1. The molecule has 136 valence electrons. The molecule has 1 aliphatic carbocycles. The highest BCUT2D eigenvalue weighted by Crippen LogP contribution is 2.26. The van der Waals surface area contributed by atoms with Gasteiger partial charge in [0.2, 0.25) is 15.9 Å².